The fourth-order valence-corrected chi connectivity index (χ4v) is 1.62. The Kier molecular flexibility index (Phi) is 3.96. The van der Waals surface area contributed by atoms with Gasteiger partial charge >= 0.3 is 0 Å². The van der Waals surface area contributed by atoms with Crippen molar-refractivity contribution in [1.29, 1.82) is 0 Å². The van der Waals surface area contributed by atoms with E-state index < -0.39 is 0 Å². The molecule has 2 aromatic rings. The van der Waals surface area contributed by atoms with Crippen molar-refractivity contribution in [1.82, 2.24) is 10.3 Å². The Hall–Kier alpha value is -2.30. The number of carbonyl (C=O) groups is 1. The van der Waals surface area contributed by atoms with E-state index in [1.165, 1.54) is 6.07 Å². The summed E-state index contributed by atoms with van der Waals surface area (Å²) in [5.41, 5.74) is 0.770. The van der Waals surface area contributed by atoms with Gasteiger partial charge in [-0.05, 0) is 30.2 Å². The van der Waals surface area contributed by atoms with Crippen molar-refractivity contribution in [3.8, 4) is 0 Å². The zero-order valence-corrected chi connectivity index (χ0v) is 9.81. The van der Waals surface area contributed by atoms with E-state index in [0.29, 0.717) is 18.7 Å². The second kappa shape index (κ2) is 5.86. The molecule has 2 rings (SSSR count). The van der Waals surface area contributed by atoms with Gasteiger partial charge in [0.2, 0.25) is 11.5 Å². The van der Waals surface area contributed by atoms with Gasteiger partial charge in [-0.25, -0.2) is 0 Å². The van der Waals surface area contributed by atoms with Crippen molar-refractivity contribution < 1.29 is 9.21 Å². The first-order valence-electron chi connectivity index (χ1n) is 5.71. The fourth-order valence-electron chi connectivity index (χ4n) is 1.62. The van der Waals surface area contributed by atoms with Gasteiger partial charge in [0.1, 0.15) is 5.76 Å². The first kappa shape index (κ1) is 12.2. The highest BCUT2D eigenvalue weighted by atomic mass is 16.3. The number of furan rings is 1. The molecule has 0 aromatic carbocycles. The van der Waals surface area contributed by atoms with Crippen molar-refractivity contribution in [3.05, 3.63) is 58.4 Å². The van der Waals surface area contributed by atoms with Gasteiger partial charge < -0.3 is 14.7 Å². The first-order chi connectivity index (χ1) is 8.74. The topological polar surface area (TPSA) is 75.1 Å². The highest BCUT2D eigenvalue weighted by molar-refractivity contribution is 5.77. The lowest BCUT2D eigenvalue weighted by Gasteiger charge is -2.03. The van der Waals surface area contributed by atoms with Crippen LogP contribution in [0.3, 0.4) is 0 Å². The predicted molar refractivity (Wildman–Crippen MR) is 66.2 cm³/mol. The molecule has 0 bridgehead atoms. The summed E-state index contributed by atoms with van der Waals surface area (Å²) in [5.74, 6) is 0.554. The van der Waals surface area contributed by atoms with Crippen LogP contribution in [0, 0.1) is 0 Å². The minimum absolute atomic E-state index is 0.0882. The van der Waals surface area contributed by atoms with Crippen LogP contribution >= 0.6 is 0 Å². The van der Waals surface area contributed by atoms with Crippen LogP contribution < -0.4 is 10.9 Å². The maximum Gasteiger partial charge on any atom is 0.248 e. The van der Waals surface area contributed by atoms with Crippen LogP contribution in [0.5, 0.6) is 0 Å². The molecule has 0 spiro atoms. The van der Waals surface area contributed by atoms with Gasteiger partial charge in [-0.1, -0.05) is 0 Å². The number of nitrogens with one attached hydrogen (secondary N) is 2. The van der Waals surface area contributed by atoms with Crippen molar-refractivity contribution in [2.24, 2.45) is 0 Å². The molecular weight excluding hydrogens is 232 g/mol. The van der Waals surface area contributed by atoms with Gasteiger partial charge in [0.15, 0.2) is 0 Å². The number of pyridine rings is 1. The quantitative estimate of drug-likeness (QED) is 0.822. The summed E-state index contributed by atoms with van der Waals surface area (Å²) in [4.78, 5) is 25.1. The number of H-pyrrole nitrogens is 1. The molecule has 0 atom stereocenters. The number of aromatic amines is 1. The van der Waals surface area contributed by atoms with Crippen LogP contribution in [0.25, 0.3) is 0 Å². The van der Waals surface area contributed by atoms with Gasteiger partial charge in [0.05, 0.1) is 12.7 Å². The van der Waals surface area contributed by atoms with E-state index in [-0.39, 0.29) is 17.9 Å². The summed E-state index contributed by atoms with van der Waals surface area (Å²) < 4.78 is 5.08. The van der Waals surface area contributed by atoms with Gasteiger partial charge in [-0.3, -0.25) is 9.59 Å². The van der Waals surface area contributed by atoms with Crippen molar-refractivity contribution in [2.75, 3.05) is 6.54 Å². The summed E-state index contributed by atoms with van der Waals surface area (Å²) in [7, 11) is 0. The third kappa shape index (κ3) is 3.62. The minimum Gasteiger partial charge on any atom is -0.469 e. The molecule has 2 N–H and O–H groups in total. The Labute approximate surface area is 104 Å². The Morgan fingerprint density at radius 2 is 2.28 bits per heavy atom. The molecule has 0 radical (unpaired) electrons. The predicted octanol–water partition coefficient (Wildman–Crippen LogP) is 0.869. The van der Waals surface area contributed by atoms with Crippen molar-refractivity contribution in [2.45, 2.75) is 12.8 Å². The van der Waals surface area contributed by atoms with Gasteiger partial charge in [-0.15, -0.1) is 0 Å². The van der Waals surface area contributed by atoms with Gasteiger partial charge in [0, 0.05) is 18.8 Å². The lowest BCUT2D eigenvalue weighted by Crippen LogP contribution is -2.27. The monoisotopic (exact) mass is 246 g/mol. The highest BCUT2D eigenvalue weighted by Crippen LogP contribution is 2.00. The van der Waals surface area contributed by atoms with E-state index in [0.717, 1.165) is 5.56 Å². The zero-order valence-electron chi connectivity index (χ0n) is 9.81. The average molecular weight is 246 g/mol. The second-order valence-electron chi connectivity index (χ2n) is 3.92. The average Bonchev–Trinajstić information content (AvgIpc) is 2.82. The molecule has 0 unspecified atom stereocenters. The lowest BCUT2D eigenvalue weighted by atomic mass is 10.2. The molecule has 0 aliphatic rings. The molecule has 18 heavy (non-hydrogen) atoms. The van der Waals surface area contributed by atoms with Crippen LogP contribution in [-0.4, -0.2) is 17.4 Å². The number of carbonyl (C=O) groups excluding carboxylic acids is 1. The molecule has 0 aliphatic carbocycles. The largest absolute Gasteiger partial charge is 0.469 e. The Morgan fingerprint density at radius 3 is 3.00 bits per heavy atom. The smallest absolute Gasteiger partial charge is 0.248 e. The maximum absolute atomic E-state index is 11.5. The summed E-state index contributed by atoms with van der Waals surface area (Å²) in [6, 6.07) is 6.86. The maximum atomic E-state index is 11.5. The molecule has 0 aliphatic heterocycles. The number of hydrogen-bond acceptors (Lipinski definition) is 3. The highest BCUT2D eigenvalue weighted by Gasteiger charge is 2.04. The molecule has 1 amide bonds. The number of rotatable bonds is 5. The standard InChI is InChI=1S/C13H14N2O3/c16-12-8-10(3-5-14-12)4-6-15-13(17)9-11-2-1-7-18-11/h1-3,5,7-8H,4,6,9H2,(H,14,16)(H,15,17). The van der Waals surface area contributed by atoms with E-state index in [9.17, 15) is 9.59 Å². The molecule has 0 saturated carbocycles. The molecule has 0 fully saturated rings. The summed E-state index contributed by atoms with van der Waals surface area (Å²) >= 11 is 0. The third-order valence-corrected chi connectivity index (χ3v) is 2.49. The van der Waals surface area contributed by atoms with E-state index in [1.54, 1.807) is 24.6 Å². The second-order valence-corrected chi connectivity index (χ2v) is 3.92. The Balaban J connectivity index is 1.75. The van der Waals surface area contributed by atoms with Crippen LogP contribution in [0.2, 0.25) is 0 Å². The first-order valence-corrected chi connectivity index (χ1v) is 5.71. The van der Waals surface area contributed by atoms with Crippen LogP contribution in [0.4, 0.5) is 0 Å². The van der Waals surface area contributed by atoms with Gasteiger partial charge in [-0.2, -0.15) is 0 Å². The van der Waals surface area contributed by atoms with Crippen LogP contribution in [-0.2, 0) is 17.6 Å². The molecule has 2 heterocycles. The van der Waals surface area contributed by atoms with E-state index in [1.807, 2.05) is 6.07 Å². The summed E-state index contributed by atoms with van der Waals surface area (Å²) in [6.45, 7) is 0.503. The third-order valence-electron chi connectivity index (χ3n) is 2.49. The Morgan fingerprint density at radius 1 is 1.39 bits per heavy atom. The van der Waals surface area contributed by atoms with Crippen LogP contribution in [0.15, 0.2) is 45.9 Å². The Bertz CT molecular complexity index is 558. The number of aromatic nitrogens is 1. The normalized spacial score (nSPS) is 10.2. The lowest BCUT2D eigenvalue weighted by molar-refractivity contribution is -0.120. The number of hydrogen-bond donors (Lipinski definition) is 2. The van der Waals surface area contributed by atoms with Gasteiger partial charge in [0.25, 0.3) is 0 Å². The molecule has 2 aromatic heterocycles. The van der Waals surface area contributed by atoms with Crippen LogP contribution in [0.1, 0.15) is 11.3 Å². The molecule has 94 valence electrons. The summed E-state index contributed by atoms with van der Waals surface area (Å²) in [6.07, 6.45) is 4.01. The molecule has 0 saturated heterocycles. The molecular formula is C13H14N2O3. The van der Waals surface area contributed by atoms with E-state index in [2.05, 4.69) is 10.3 Å². The van der Waals surface area contributed by atoms with Crippen molar-refractivity contribution >= 4 is 5.91 Å². The van der Waals surface area contributed by atoms with E-state index >= 15 is 0 Å². The molecule has 5 nitrogen and oxygen atoms in total. The minimum atomic E-state index is -0.130. The van der Waals surface area contributed by atoms with E-state index in [4.69, 9.17) is 4.42 Å². The summed E-state index contributed by atoms with van der Waals surface area (Å²) in [5, 5.41) is 2.78. The fraction of sp³-hybridized carbons (Fsp3) is 0.231. The molecule has 5 heteroatoms. The zero-order chi connectivity index (χ0) is 12.8. The SMILES string of the molecule is O=C(Cc1ccco1)NCCc1cc[nH]c(=O)c1. The number of amides is 1. The van der Waals surface area contributed by atoms with Crippen molar-refractivity contribution in [3.63, 3.8) is 0 Å².